The Balaban J connectivity index is 0. The zero-order valence-corrected chi connectivity index (χ0v) is 14.6. The van der Waals surface area contributed by atoms with Gasteiger partial charge in [0.15, 0.2) is 11.5 Å². The first-order valence-electron chi connectivity index (χ1n) is 7.11. The molecule has 0 aliphatic heterocycles. The monoisotopic (exact) mass is 339 g/mol. The first-order valence-corrected chi connectivity index (χ1v) is 7.11. The molecule has 0 aliphatic carbocycles. The molecule has 0 saturated heterocycles. The van der Waals surface area contributed by atoms with Crippen molar-refractivity contribution in [3.63, 3.8) is 0 Å². The fourth-order valence-corrected chi connectivity index (χ4v) is 1.01. The second-order valence-electron chi connectivity index (χ2n) is 4.79. The highest BCUT2D eigenvalue weighted by molar-refractivity contribution is 5.96. The number of imidazole rings is 1. The van der Waals surface area contributed by atoms with Crippen molar-refractivity contribution in [2.45, 2.75) is 40.7 Å². The largest absolute Gasteiger partial charge is 0.477 e. The molecule has 0 aliphatic rings. The van der Waals surface area contributed by atoms with E-state index in [1.54, 1.807) is 4.57 Å². The average molecular weight is 339 g/mol. The lowest BCUT2D eigenvalue weighted by atomic mass is 10.3. The zero-order valence-electron chi connectivity index (χ0n) is 14.6. The van der Waals surface area contributed by atoms with Crippen LogP contribution in [0.15, 0.2) is 36.4 Å². The van der Waals surface area contributed by atoms with Gasteiger partial charge in [-0.3, -0.25) is 4.79 Å². The van der Waals surface area contributed by atoms with E-state index in [1.165, 1.54) is 19.4 Å². The van der Waals surface area contributed by atoms with Gasteiger partial charge in [-0.25, -0.2) is 14.6 Å². The summed E-state index contributed by atoms with van der Waals surface area (Å²) in [6.45, 7) is 9.16. The lowest BCUT2D eigenvalue weighted by Gasteiger charge is -2.02. The molecule has 8 nitrogen and oxygen atoms in total. The Labute approximate surface area is 141 Å². The molecule has 0 saturated carbocycles. The summed E-state index contributed by atoms with van der Waals surface area (Å²) in [6, 6.07) is 0.260. The van der Waals surface area contributed by atoms with Crippen molar-refractivity contribution in [1.29, 1.82) is 0 Å². The molecule has 24 heavy (non-hydrogen) atoms. The molecule has 134 valence electrons. The number of carboxylic acids is 2. The van der Waals surface area contributed by atoms with Crippen molar-refractivity contribution in [2.75, 3.05) is 0 Å². The van der Waals surface area contributed by atoms with E-state index in [4.69, 9.17) is 15.9 Å². The molecule has 1 aromatic heterocycles. The van der Waals surface area contributed by atoms with Gasteiger partial charge < -0.3 is 20.5 Å². The number of carbonyl (C=O) groups is 3. The van der Waals surface area contributed by atoms with Crippen molar-refractivity contribution in [3.8, 4) is 0 Å². The summed E-state index contributed by atoms with van der Waals surface area (Å²) >= 11 is 0. The Bertz CT molecular complexity index is 597. The first-order chi connectivity index (χ1) is 11.1. The van der Waals surface area contributed by atoms with Crippen LogP contribution in [0, 0.1) is 0 Å². The number of aromatic carboxylic acids is 1. The van der Waals surface area contributed by atoms with E-state index in [9.17, 15) is 14.4 Å². The quantitative estimate of drug-likeness (QED) is 0.565. The van der Waals surface area contributed by atoms with Gasteiger partial charge in [0.05, 0.1) is 6.33 Å². The van der Waals surface area contributed by atoms with Gasteiger partial charge in [-0.2, -0.15) is 0 Å². The number of allylic oxidation sites excluding steroid dienone is 3. The van der Waals surface area contributed by atoms with Gasteiger partial charge in [0, 0.05) is 18.3 Å². The predicted octanol–water partition coefficient (Wildman–Crippen LogP) is 2.25. The van der Waals surface area contributed by atoms with E-state index in [1.807, 2.05) is 39.8 Å². The fourth-order valence-electron chi connectivity index (χ4n) is 1.01. The number of nitrogens with two attached hydrogens (primary N) is 1. The second kappa shape index (κ2) is 12.6. The molecule has 1 aromatic rings. The summed E-state index contributed by atoms with van der Waals surface area (Å²) < 4.78 is 1.75. The van der Waals surface area contributed by atoms with Gasteiger partial charge in [-0.05, 0) is 34.6 Å². The summed E-state index contributed by atoms with van der Waals surface area (Å²) in [5, 5.41) is 16.6. The maximum Gasteiger partial charge on any atom is 0.356 e. The number of nitrogens with zero attached hydrogens (tertiary/aromatic N) is 2. The topological polar surface area (TPSA) is 136 Å². The van der Waals surface area contributed by atoms with Crippen LogP contribution in [0.3, 0.4) is 0 Å². The van der Waals surface area contributed by atoms with Crippen LogP contribution in [0.4, 0.5) is 0 Å². The normalized spacial score (nSPS) is 10.5. The second-order valence-corrected chi connectivity index (χ2v) is 4.79. The van der Waals surface area contributed by atoms with Crippen molar-refractivity contribution < 1.29 is 24.6 Å². The molecular weight excluding hydrogens is 314 g/mol. The highest BCUT2D eigenvalue weighted by Gasteiger charge is 2.07. The van der Waals surface area contributed by atoms with Crippen LogP contribution in [0.25, 0.3) is 0 Å². The average Bonchev–Trinajstić information content (AvgIpc) is 2.97. The van der Waals surface area contributed by atoms with Gasteiger partial charge in [0.25, 0.3) is 0 Å². The third-order valence-electron chi connectivity index (χ3n) is 2.36. The molecule has 0 spiro atoms. The Hall–Kier alpha value is -2.90. The van der Waals surface area contributed by atoms with Gasteiger partial charge in [0.1, 0.15) is 5.70 Å². The molecule has 0 radical (unpaired) electrons. The molecule has 0 bridgehead atoms. The smallest absolute Gasteiger partial charge is 0.356 e. The van der Waals surface area contributed by atoms with Crippen LogP contribution in [0.1, 0.15) is 51.1 Å². The zero-order chi connectivity index (χ0) is 19.3. The van der Waals surface area contributed by atoms with Crippen molar-refractivity contribution >= 4 is 17.7 Å². The Kier molecular flexibility index (Phi) is 12.3. The summed E-state index contributed by atoms with van der Waals surface area (Å²) in [6.07, 6.45) is 7.91. The summed E-state index contributed by atoms with van der Waals surface area (Å²) in [5.41, 5.74) is 4.53. The van der Waals surface area contributed by atoms with Crippen molar-refractivity contribution in [2.24, 2.45) is 5.73 Å². The number of hydrogen-bond donors (Lipinski definition) is 3. The minimum Gasteiger partial charge on any atom is -0.477 e. The fraction of sp³-hybridized carbons (Fsp3) is 0.375. The van der Waals surface area contributed by atoms with Crippen LogP contribution < -0.4 is 5.73 Å². The van der Waals surface area contributed by atoms with E-state index in [2.05, 4.69) is 4.98 Å². The number of aliphatic carboxylic acids is 1. The molecule has 0 amide bonds. The summed E-state index contributed by atoms with van der Waals surface area (Å²) in [5.74, 6) is -2.62. The third-order valence-corrected chi connectivity index (χ3v) is 2.36. The molecular formula is C16H25N3O5. The number of aromatic nitrogens is 2. The van der Waals surface area contributed by atoms with Crippen LogP contribution >= 0.6 is 0 Å². The van der Waals surface area contributed by atoms with E-state index in [0.29, 0.717) is 0 Å². The predicted molar refractivity (Wildman–Crippen MR) is 90.6 cm³/mol. The standard InChI is InChI=1S/C7H10N2O2.C5H7NO3.C4H8/c1-5(2)9-3-6(7(10)11)8-4-9;1-3(7)2-4(6)5(8)9;1-3-4-2/h3-5H,1-2H3,(H,10,11);2H,6H2,1H3,(H,8,9);3-4H,1-2H3/b;4-2-;. The number of rotatable bonds is 4. The molecule has 0 fully saturated rings. The van der Waals surface area contributed by atoms with Crippen LogP contribution in [-0.4, -0.2) is 37.5 Å². The molecule has 0 aromatic carbocycles. The minimum absolute atomic E-state index is 0.0960. The highest BCUT2D eigenvalue weighted by atomic mass is 16.4. The number of ketones is 1. The number of carbonyl (C=O) groups excluding carboxylic acids is 1. The highest BCUT2D eigenvalue weighted by Crippen LogP contribution is 2.04. The minimum atomic E-state index is -1.27. The van der Waals surface area contributed by atoms with E-state index < -0.39 is 17.6 Å². The van der Waals surface area contributed by atoms with E-state index in [0.717, 1.165) is 6.08 Å². The van der Waals surface area contributed by atoms with Crippen LogP contribution in [0.5, 0.6) is 0 Å². The summed E-state index contributed by atoms with van der Waals surface area (Å²) in [7, 11) is 0. The van der Waals surface area contributed by atoms with Gasteiger partial charge in [0.2, 0.25) is 0 Å². The SMILES string of the molecule is CC(=O)/C=C(\N)C(=O)O.CC(C)n1cnc(C(=O)O)c1.CC=CC. The van der Waals surface area contributed by atoms with Crippen LogP contribution in [-0.2, 0) is 9.59 Å². The lowest BCUT2D eigenvalue weighted by molar-refractivity contribution is -0.133. The first kappa shape index (κ1) is 23.4. The molecule has 1 rings (SSSR count). The Morgan fingerprint density at radius 2 is 1.71 bits per heavy atom. The molecule has 8 heteroatoms. The van der Waals surface area contributed by atoms with E-state index in [-0.39, 0.29) is 17.5 Å². The number of carboxylic acid groups (broad SMARTS) is 2. The van der Waals surface area contributed by atoms with Crippen LogP contribution in [0.2, 0.25) is 0 Å². The molecule has 0 atom stereocenters. The van der Waals surface area contributed by atoms with Gasteiger partial charge >= 0.3 is 11.9 Å². The third kappa shape index (κ3) is 11.7. The van der Waals surface area contributed by atoms with Crippen molar-refractivity contribution in [3.05, 3.63) is 42.1 Å². The van der Waals surface area contributed by atoms with E-state index >= 15 is 0 Å². The maximum atomic E-state index is 10.4. The molecule has 0 unspecified atom stereocenters. The number of hydrogen-bond acceptors (Lipinski definition) is 5. The molecule has 4 N–H and O–H groups in total. The van der Waals surface area contributed by atoms with Crippen molar-refractivity contribution in [1.82, 2.24) is 9.55 Å². The summed E-state index contributed by atoms with van der Waals surface area (Å²) in [4.78, 5) is 34.1. The molecule has 1 heterocycles. The Morgan fingerprint density at radius 1 is 1.21 bits per heavy atom. The van der Waals surface area contributed by atoms with Gasteiger partial charge in [-0.1, -0.05) is 12.2 Å². The lowest BCUT2D eigenvalue weighted by Crippen LogP contribution is -2.11. The maximum absolute atomic E-state index is 10.4. The van der Waals surface area contributed by atoms with Gasteiger partial charge in [-0.15, -0.1) is 0 Å². The Morgan fingerprint density at radius 3 is 1.88 bits per heavy atom.